The van der Waals surface area contributed by atoms with Crippen LogP contribution in [0.4, 0.5) is 0 Å². The quantitative estimate of drug-likeness (QED) is 0.825. The average Bonchev–Trinajstić information content (AvgIpc) is 2.58. The molecular formula is C9H13BrN2O2S. The van der Waals surface area contributed by atoms with Gasteiger partial charge in [-0.05, 0) is 28.1 Å². The molecular weight excluding hydrogens is 280 g/mol. The predicted octanol–water partition coefficient (Wildman–Crippen LogP) is 1.10. The first-order chi connectivity index (χ1) is 7.13. The second-order valence-corrected chi connectivity index (χ2v) is 5.54. The maximum absolute atomic E-state index is 11.0. The Labute approximate surface area is 101 Å². The number of thiophene rings is 1. The smallest absolute Gasteiger partial charge is 0.236 e. The normalized spacial score (nSPS) is 12.7. The number of ether oxygens (including phenoxy) is 1. The van der Waals surface area contributed by atoms with E-state index in [1.54, 1.807) is 18.4 Å². The molecule has 15 heavy (non-hydrogen) atoms. The van der Waals surface area contributed by atoms with Crippen molar-refractivity contribution in [3.05, 3.63) is 20.8 Å². The molecule has 1 aromatic heterocycles. The number of carbonyl (C=O) groups is 1. The van der Waals surface area contributed by atoms with Crippen LogP contribution in [0.1, 0.15) is 4.88 Å². The summed E-state index contributed by atoms with van der Waals surface area (Å²) in [5.41, 5.74) is 5.20. The first-order valence-electron chi connectivity index (χ1n) is 4.39. The van der Waals surface area contributed by atoms with Gasteiger partial charge in [0, 0.05) is 18.5 Å². The van der Waals surface area contributed by atoms with Crippen LogP contribution in [0.5, 0.6) is 0 Å². The van der Waals surface area contributed by atoms with Crippen LogP contribution in [0.15, 0.2) is 15.9 Å². The molecule has 1 atom stereocenters. The Morgan fingerprint density at radius 2 is 2.47 bits per heavy atom. The van der Waals surface area contributed by atoms with Crippen molar-refractivity contribution in [3.63, 3.8) is 0 Å². The van der Waals surface area contributed by atoms with E-state index in [0.29, 0.717) is 13.2 Å². The predicted molar refractivity (Wildman–Crippen MR) is 63.7 cm³/mol. The third-order valence-electron chi connectivity index (χ3n) is 1.83. The monoisotopic (exact) mass is 292 g/mol. The summed E-state index contributed by atoms with van der Waals surface area (Å²) >= 11 is 4.99. The number of halogens is 1. The lowest BCUT2D eigenvalue weighted by molar-refractivity contribution is -0.121. The van der Waals surface area contributed by atoms with E-state index in [1.807, 2.05) is 12.1 Å². The zero-order valence-electron chi connectivity index (χ0n) is 8.33. The molecule has 0 fully saturated rings. The third-order valence-corrected chi connectivity index (χ3v) is 3.45. The number of amides is 1. The third kappa shape index (κ3) is 4.29. The molecule has 3 N–H and O–H groups in total. The fourth-order valence-electron chi connectivity index (χ4n) is 1.08. The Bertz CT molecular complexity index is 330. The number of primary amides is 1. The minimum Gasteiger partial charge on any atom is -0.383 e. The van der Waals surface area contributed by atoms with Crippen molar-refractivity contribution >= 4 is 33.2 Å². The van der Waals surface area contributed by atoms with Crippen molar-refractivity contribution in [3.8, 4) is 0 Å². The molecule has 0 bridgehead atoms. The van der Waals surface area contributed by atoms with Crippen molar-refractivity contribution in [2.24, 2.45) is 5.73 Å². The molecule has 1 aromatic rings. The first kappa shape index (κ1) is 12.6. The summed E-state index contributed by atoms with van der Waals surface area (Å²) in [6.45, 7) is 0.912. The number of nitrogens with one attached hydrogen (secondary N) is 1. The van der Waals surface area contributed by atoms with Crippen LogP contribution in [0, 0.1) is 0 Å². The van der Waals surface area contributed by atoms with Crippen LogP contribution in [0.3, 0.4) is 0 Å². The largest absolute Gasteiger partial charge is 0.383 e. The van der Waals surface area contributed by atoms with Gasteiger partial charge in [-0.15, -0.1) is 11.3 Å². The van der Waals surface area contributed by atoms with Gasteiger partial charge in [-0.1, -0.05) is 0 Å². The van der Waals surface area contributed by atoms with E-state index >= 15 is 0 Å². The second kappa shape index (κ2) is 6.22. The summed E-state index contributed by atoms with van der Waals surface area (Å²) in [7, 11) is 1.54. The lowest BCUT2D eigenvalue weighted by Gasteiger charge is -2.13. The van der Waals surface area contributed by atoms with Crippen molar-refractivity contribution < 1.29 is 9.53 Å². The van der Waals surface area contributed by atoms with Crippen molar-refractivity contribution in [1.29, 1.82) is 0 Å². The van der Waals surface area contributed by atoms with Gasteiger partial charge in [0.05, 0.1) is 10.4 Å². The standard InChI is InChI=1S/C9H13BrN2O2S/c1-14-5-7(9(11)13)12-4-6-2-3-8(10)15-6/h2-3,7,12H,4-5H2,1H3,(H2,11,13). The van der Waals surface area contributed by atoms with E-state index in [9.17, 15) is 4.79 Å². The number of rotatable bonds is 6. The molecule has 0 aromatic carbocycles. The van der Waals surface area contributed by atoms with Gasteiger partial charge in [0.2, 0.25) is 5.91 Å². The molecule has 0 aliphatic rings. The van der Waals surface area contributed by atoms with Crippen molar-refractivity contribution in [2.75, 3.05) is 13.7 Å². The zero-order valence-corrected chi connectivity index (χ0v) is 10.7. The Morgan fingerprint density at radius 3 is 2.93 bits per heavy atom. The maximum Gasteiger partial charge on any atom is 0.236 e. The van der Waals surface area contributed by atoms with Crippen LogP contribution in [0.2, 0.25) is 0 Å². The Hall–Kier alpha value is -0.430. The molecule has 0 saturated heterocycles. The molecule has 4 nitrogen and oxygen atoms in total. The minimum absolute atomic E-state index is 0.294. The number of carbonyl (C=O) groups excluding carboxylic acids is 1. The van der Waals surface area contributed by atoms with E-state index in [0.717, 1.165) is 8.66 Å². The molecule has 1 heterocycles. The van der Waals surface area contributed by atoms with Crippen LogP contribution < -0.4 is 11.1 Å². The van der Waals surface area contributed by atoms with Crippen LogP contribution in [0.25, 0.3) is 0 Å². The topological polar surface area (TPSA) is 64.3 Å². The van der Waals surface area contributed by atoms with E-state index in [-0.39, 0.29) is 0 Å². The van der Waals surface area contributed by atoms with Gasteiger partial charge in [0.1, 0.15) is 6.04 Å². The van der Waals surface area contributed by atoms with Crippen molar-refractivity contribution in [1.82, 2.24) is 5.32 Å². The Morgan fingerprint density at radius 1 is 1.73 bits per heavy atom. The summed E-state index contributed by atoms with van der Waals surface area (Å²) in [6.07, 6.45) is 0. The molecule has 1 rings (SSSR count). The van der Waals surface area contributed by atoms with Gasteiger partial charge in [-0.25, -0.2) is 0 Å². The van der Waals surface area contributed by atoms with Gasteiger partial charge in [0.25, 0.3) is 0 Å². The Kier molecular flexibility index (Phi) is 5.24. The average molecular weight is 293 g/mol. The molecule has 0 spiro atoms. The highest BCUT2D eigenvalue weighted by molar-refractivity contribution is 9.11. The molecule has 0 saturated carbocycles. The van der Waals surface area contributed by atoms with Gasteiger partial charge >= 0.3 is 0 Å². The van der Waals surface area contributed by atoms with Gasteiger partial charge in [-0.2, -0.15) is 0 Å². The highest BCUT2D eigenvalue weighted by Crippen LogP contribution is 2.21. The summed E-state index contributed by atoms with van der Waals surface area (Å²) in [5, 5.41) is 3.04. The molecule has 0 aliphatic heterocycles. The fraction of sp³-hybridized carbons (Fsp3) is 0.444. The molecule has 1 amide bonds. The number of hydrogen-bond acceptors (Lipinski definition) is 4. The highest BCUT2D eigenvalue weighted by Gasteiger charge is 2.14. The van der Waals surface area contributed by atoms with E-state index in [2.05, 4.69) is 21.2 Å². The SMILES string of the molecule is COCC(NCc1ccc(Br)s1)C(N)=O. The maximum atomic E-state index is 11.0. The van der Waals surface area contributed by atoms with E-state index in [1.165, 1.54) is 0 Å². The molecule has 0 radical (unpaired) electrons. The molecule has 6 heteroatoms. The molecule has 84 valence electrons. The summed E-state index contributed by atoms with van der Waals surface area (Å²) in [5.74, 6) is -0.396. The fourth-order valence-corrected chi connectivity index (χ4v) is 2.51. The van der Waals surface area contributed by atoms with E-state index < -0.39 is 11.9 Å². The van der Waals surface area contributed by atoms with Gasteiger partial charge in [0.15, 0.2) is 0 Å². The van der Waals surface area contributed by atoms with Crippen LogP contribution in [-0.2, 0) is 16.1 Å². The number of nitrogens with two attached hydrogens (primary N) is 1. The van der Waals surface area contributed by atoms with Crippen molar-refractivity contribution in [2.45, 2.75) is 12.6 Å². The zero-order chi connectivity index (χ0) is 11.3. The number of hydrogen-bond donors (Lipinski definition) is 2. The summed E-state index contributed by atoms with van der Waals surface area (Å²) in [6, 6.07) is 3.53. The molecule has 0 aliphatic carbocycles. The van der Waals surface area contributed by atoms with Gasteiger partial charge in [-0.3, -0.25) is 10.1 Å². The lowest BCUT2D eigenvalue weighted by atomic mass is 10.3. The highest BCUT2D eigenvalue weighted by atomic mass is 79.9. The lowest BCUT2D eigenvalue weighted by Crippen LogP contribution is -2.43. The number of methoxy groups -OCH3 is 1. The minimum atomic E-state index is -0.434. The van der Waals surface area contributed by atoms with E-state index in [4.69, 9.17) is 10.5 Å². The van der Waals surface area contributed by atoms with Crippen LogP contribution >= 0.6 is 27.3 Å². The molecule has 1 unspecified atom stereocenters. The van der Waals surface area contributed by atoms with Crippen LogP contribution in [-0.4, -0.2) is 25.7 Å². The summed E-state index contributed by atoms with van der Waals surface area (Å²) < 4.78 is 5.96. The summed E-state index contributed by atoms with van der Waals surface area (Å²) in [4.78, 5) is 12.1. The van der Waals surface area contributed by atoms with Gasteiger partial charge < -0.3 is 10.5 Å². The first-order valence-corrected chi connectivity index (χ1v) is 6.00. The second-order valence-electron chi connectivity index (χ2n) is 3.00. The Balaban J connectivity index is 2.43.